The SMILES string of the molecule is O=C(O)c1cccc(COc2c(C=Nn3c(-c4cccc(C(F)(F)F)c4)nc4ccccc4c3=O)cccc2[N+](=O)[O-])c1. The van der Waals surface area contributed by atoms with Gasteiger partial charge in [-0.3, -0.25) is 14.9 Å². The number of carboxylic acid groups (broad SMARTS) is 1. The number of ether oxygens (including phenoxy) is 1. The Balaban J connectivity index is 1.62. The van der Waals surface area contributed by atoms with Crippen LogP contribution in [0.1, 0.15) is 27.0 Å². The van der Waals surface area contributed by atoms with E-state index in [9.17, 15) is 38.0 Å². The van der Waals surface area contributed by atoms with Crippen molar-refractivity contribution >= 4 is 28.8 Å². The molecule has 0 aliphatic heterocycles. The van der Waals surface area contributed by atoms with Gasteiger partial charge in [0, 0.05) is 17.2 Å². The quantitative estimate of drug-likeness (QED) is 0.130. The van der Waals surface area contributed by atoms with Crippen LogP contribution in [0, 0.1) is 10.1 Å². The fourth-order valence-corrected chi connectivity index (χ4v) is 4.27. The summed E-state index contributed by atoms with van der Waals surface area (Å²) in [5, 5.41) is 25.4. The average molecular weight is 588 g/mol. The zero-order valence-electron chi connectivity index (χ0n) is 21.9. The van der Waals surface area contributed by atoms with E-state index in [1.54, 1.807) is 18.2 Å². The Labute approximate surface area is 240 Å². The number of aromatic carboxylic acids is 1. The van der Waals surface area contributed by atoms with Crippen LogP contribution in [0.25, 0.3) is 22.3 Å². The van der Waals surface area contributed by atoms with Gasteiger partial charge in [0.2, 0.25) is 5.75 Å². The predicted molar refractivity (Wildman–Crippen MR) is 150 cm³/mol. The molecule has 0 saturated heterocycles. The number of hydrogen-bond donors (Lipinski definition) is 1. The molecule has 10 nitrogen and oxygen atoms in total. The number of nitrogens with zero attached hydrogens (tertiary/aromatic N) is 4. The van der Waals surface area contributed by atoms with Crippen LogP contribution in [-0.2, 0) is 12.8 Å². The maximum Gasteiger partial charge on any atom is 0.416 e. The molecule has 216 valence electrons. The van der Waals surface area contributed by atoms with Crippen molar-refractivity contribution in [3.8, 4) is 17.1 Å². The van der Waals surface area contributed by atoms with Gasteiger partial charge < -0.3 is 9.84 Å². The van der Waals surface area contributed by atoms with Crippen molar-refractivity contribution in [1.82, 2.24) is 9.66 Å². The summed E-state index contributed by atoms with van der Waals surface area (Å²) in [4.78, 5) is 40.3. The largest absolute Gasteiger partial charge is 0.481 e. The van der Waals surface area contributed by atoms with E-state index in [0.29, 0.717) is 5.56 Å². The third-order valence-electron chi connectivity index (χ3n) is 6.29. The number of halogens is 3. The summed E-state index contributed by atoms with van der Waals surface area (Å²) in [5.74, 6) is -1.57. The molecule has 0 saturated carbocycles. The Morgan fingerprint density at radius 3 is 2.51 bits per heavy atom. The molecule has 0 aliphatic rings. The van der Waals surface area contributed by atoms with Crippen molar-refractivity contribution in [2.75, 3.05) is 0 Å². The van der Waals surface area contributed by atoms with Crippen LogP contribution in [0.4, 0.5) is 18.9 Å². The van der Waals surface area contributed by atoms with E-state index in [-0.39, 0.29) is 45.8 Å². The number of rotatable bonds is 8. The van der Waals surface area contributed by atoms with E-state index in [1.807, 2.05) is 0 Å². The monoisotopic (exact) mass is 588 g/mol. The molecule has 0 unspecified atom stereocenters. The van der Waals surface area contributed by atoms with Crippen molar-refractivity contribution in [3.05, 3.63) is 134 Å². The number of carboxylic acids is 1. The number of para-hydroxylation sites is 2. The molecule has 0 atom stereocenters. The molecule has 0 radical (unpaired) electrons. The second-order valence-electron chi connectivity index (χ2n) is 9.14. The van der Waals surface area contributed by atoms with Crippen molar-refractivity contribution in [1.29, 1.82) is 0 Å². The zero-order chi connectivity index (χ0) is 30.7. The normalized spacial score (nSPS) is 11.6. The summed E-state index contributed by atoms with van der Waals surface area (Å²) in [5.41, 5.74) is -1.40. The van der Waals surface area contributed by atoms with Crippen LogP contribution in [0.2, 0.25) is 0 Å². The first-order valence-corrected chi connectivity index (χ1v) is 12.5. The van der Waals surface area contributed by atoms with Crippen LogP contribution in [-0.4, -0.2) is 31.9 Å². The third kappa shape index (κ3) is 6.10. The van der Waals surface area contributed by atoms with E-state index < -0.39 is 33.9 Å². The lowest BCUT2D eigenvalue weighted by Gasteiger charge is -2.13. The van der Waals surface area contributed by atoms with Crippen LogP contribution in [0.5, 0.6) is 5.75 Å². The van der Waals surface area contributed by atoms with Crippen LogP contribution < -0.4 is 10.3 Å². The second-order valence-corrected chi connectivity index (χ2v) is 9.14. The molecule has 1 heterocycles. The van der Waals surface area contributed by atoms with E-state index in [0.717, 1.165) is 23.0 Å². The van der Waals surface area contributed by atoms with Gasteiger partial charge in [0.1, 0.15) is 6.61 Å². The number of nitro groups is 1. The zero-order valence-corrected chi connectivity index (χ0v) is 21.9. The highest BCUT2D eigenvalue weighted by molar-refractivity contribution is 5.88. The smallest absolute Gasteiger partial charge is 0.416 e. The van der Waals surface area contributed by atoms with Crippen LogP contribution >= 0.6 is 0 Å². The van der Waals surface area contributed by atoms with E-state index in [1.165, 1.54) is 60.7 Å². The van der Waals surface area contributed by atoms with Gasteiger partial charge in [0.15, 0.2) is 5.82 Å². The van der Waals surface area contributed by atoms with E-state index in [2.05, 4.69) is 10.1 Å². The first kappa shape index (κ1) is 28.7. The minimum absolute atomic E-state index is 0.00394. The van der Waals surface area contributed by atoms with Crippen molar-refractivity contribution in [2.45, 2.75) is 12.8 Å². The minimum Gasteiger partial charge on any atom is -0.481 e. The number of alkyl halides is 3. The van der Waals surface area contributed by atoms with Gasteiger partial charge in [-0.25, -0.2) is 9.78 Å². The molecule has 0 amide bonds. The Morgan fingerprint density at radius 2 is 1.77 bits per heavy atom. The summed E-state index contributed by atoms with van der Waals surface area (Å²) in [6, 6.07) is 20.3. The molecule has 0 fully saturated rings. The molecule has 5 rings (SSSR count). The third-order valence-corrected chi connectivity index (χ3v) is 6.29. The highest BCUT2D eigenvalue weighted by atomic mass is 19.4. The first-order valence-electron chi connectivity index (χ1n) is 12.5. The predicted octanol–water partition coefficient (Wildman–Crippen LogP) is 6.15. The Morgan fingerprint density at radius 1 is 1.02 bits per heavy atom. The van der Waals surface area contributed by atoms with Gasteiger partial charge in [0.05, 0.1) is 33.2 Å². The van der Waals surface area contributed by atoms with Gasteiger partial charge in [-0.1, -0.05) is 42.5 Å². The molecule has 43 heavy (non-hydrogen) atoms. The number of nitro benzene ring substituents is 1. The number of fused-ring (bicyclic) bond motifs is 1. The van der Waals surface area contributed by atoms with Crippen molar-refractivity contribution in [3.63, 3.8) is 0 Å². The van der Waals surface area contributed by atoms with Crippen molar-refractivity contribution < 1.29 is 32.7 Å². The Hall–Kier alpha value is -5.85. The van der Waals surface area contributed by atoms with Gasteiger partial charge in [-0.05, 0) is 48.0 Å². The lowest BCUT2D eigenvalue weighted by Crippen LogP contribution is -2.20. The van der Waals surface area contributed by atoms with E-state index in [4.69, 9.17) is 4.74 Å². The summed E-state index contributed by atoms with van der Waals surface area (Å²) >= 11 is 0. The lowest BCUT2D eigenvalue weighted by molar-refractivity contribution is -0.386. The first-order chi connectivity index (χ1) is 20.5. The summed E-state index contributed by atoms with van der Waals surface area (Å²) in [6.07, 6.45) is -3.55. The molecule has 13 heteroatoms. The summed E-state index contributed by atoms with van der Waals surface area (Å²) in [7, 11) is 0. The minimum atomic E-state index is -4.65. The molecule has 5 aromatic rings. The maximum absolute atomic E-state index is 13.5. The Kier molecular flexibility index (Phi) is 7.71. The molecular weight excluding hydrogens is 569 g/mol. The van der Waals surface area contributed by atoms with Crippen LogP contribution in [0.15, 0.2) is 101 Å². The summed E-state index contributed by atoms with van der Waals surface area (Å²) < 4.78 is 47.0. The number of hydrogen-bond acceptors (Lipinski definition) is 7. The molecular formula is C30H19F3N4O6. The topological polar surface area (TPSA) is 137 Å². The molecule has 4 aromatic carbocycles. The number of carbonyl (C=O) groups is 1. The Bertz CT molecular complexity index is 1970. The number of aromatic nitrogens is 2. The van der Waals surface area contributed by atoms with Gasteiger partial charge in [-0.2, -0.15) is 22.9 Å². The standard InChI is InChI=1S/C30H19F3N4O6/c31-30(32,33)22-10-4-7-19(15-22)27-35-24-12-2-1-11-23(24)28(38)36(27)34-16-21-9-5-13-25(37(41)42)26(21)43-17-18-6-3-8-20(14-18)29(39)40/h1-16H,17H2,(H,39,40). The molecule has 1 aromatic heterocycles. The second kappa shape index (κ2) is 11.6. The molecule has 1 N–H and O–H groups in total. The average Bonchev–Trinajstić information content (AvgIpc) is 2.99. The van der Waals surface area contributed by atoms with Crippen molar-refractivity contribution in [2.24, 2.45) is 5.10 Å². The van der Waals surface area contributed by atoms with Crippen LogP contribution in [0.3, 0.4) is 0 Å². The fourth-order valence-electron chi connectivity index (χ4n) is 4.27. The fraction of sp³-hybridized carbons (Fsp3) is 0.0667. The summed E-state index contributed by atoms with van der Waals surface area (Å²) in [6.45, 7) is -0.236. The van der Waals surface area contributed by atoms with Gasteiger partial charge >= 0.3 is 17.8 Å². The highest BCUT2D eigenvalue weighted by Gasteiger charge is 2.31. The molecule has 0 spiro atoms. The maximum atomic E-state index is 13.5. The highest BCUT2D eigenvalue weighted by Crippen LogP contribution is 2.33. The molecule has 0 bridgehead atoms. The van der Waals surface area contributed by atoms with E-state index >= 15 is 0 Å². The number of benzene rings is 4. The van der Waals surface area contributed by atoms with Gasteiger partial charge in [0.25, 0.3) is 5.56 Å². The van der Waals surface area contributed by atoms with Gasteiger partial charge in [-0.15, -0.1) is 0 Å². The lowest BCUT2D eigenvalue weighted by atomic mass is 10.1. The molecule has 0 aliphatic carbocycles.